The predicted octanol–water partition coefficient (Wildman–Crippen LogP) is 4.61. The van der Waals surface area contributed by atoms with Crippen molar-refractivity contribution >= 4 is 28.9 Å². The van der Waals surface area contributed by atoms with Crippen molar-refractivity contribution < 1.29 is 9.66 Å². The van der Waals surface area contributed by atoms with E-state index in [2.05, 4.69) is 4.98 Å². The van der Waals surface area contributed by atoms with Crippen LogP contribution in [0.4, 0.5) is 5.69 Å². The Morgan fingerprint density at radius 2 is 1.90 bits per heavy atom. The Hall–Kier alpha value is -1.85. The number of ether oxygens (including phenoxy) is 1. The van der Waals surface area contributed by atoms with E-state index in [0.717, 1.165) is 11.8 Å². The fourth-order valence-corrected chi connectivity index (χ4v) is 2.03. The predicted molar refractivity (Wildman–Crippen MR) is 81.0 cm³/mol. The number of pyridine rings is 1. The van der Waals surface area contributed by atoms with Crippen LogP contribution in [0.5, 0.6) is 5.88 Å². The van der Waals surface area contributed by atoms with Gasteiger partial charge in [0.15, 0.2) is 0 Å². The molecule has 0 bridgehead atoms. The number of hydrogen-bond acceptors (Lipinski definition) is 4. The Morgan fingerprint density at radius 3 is 2.43 bits per heavy atom. The molecular formula is C14H12Cl2N2O3. The minimum atomic E-state index is -0.711. The molecule has 21 heavy (non-hydrogen) atoms. The lowest BCUT2D eigenvalue weighted by molar-refractivity contribution is -0.385. The number of benzene rings is 1. The van der Waals surface area contributed by atoms with Crippen LogP contribution in [0.25, 0.3) is 0 Å². The van der Waals surface area contributed by atoms with Crippen molar-refractivity contribution in [3.8, 4) is 5.88 Å². The summed E-state index contributed by atoms with van der Waals surface area (Å²) < 4.78 is 5.78. The van der Waals surface area contributed by atoms with Gasteiger partial charge in [-0.3, -0.25) is 10.1 Å². The van der Waals surface area contributed by atoms with Crippen LogP contribution in [0.3, 0.4) is 0 Å². The summed E-state index contributed by atoms with van der Waals surface area (Å²) in [5, 5.41) is 11.5. The van der Waals surface area contributed by atoms with Gasteiger partial charge in [0.1, 0.15) is 11.8 Å². The summed E-state index contributed by atoms with van der Waals surface area (Å²) in [6, 6.07) is 8.01. The third kappa shape index (κ3) is 3.62. The van der Waals surface area contributed by atoms with E-state index in [1.807, 2.05) is 13.8 Å². The monoisotopic (exact) mass is 326 g/mol. The van der Waals surface area contributed by atoms with Crippen molar-refractivity contribution in [2.75, 3.05) is 0 Å². The lowest BCUT2D eigenvalue weighted by atomic mass is 9.98. The minimum absolute atomic E-state index is 0.0882. The Kier molecular flexibility index (Phi) is 4.34. The highest BCUT2D eigenvalue weighted by Crippen LogP contribution is 2.31. The number of rotatable bonds is 4. The number of aromatic nitrogens is 1. The van der Waals surface area contributed by atoms with Gasteiger partial charge in [-0.25, -0.2) is 4.98 Å². The molecule has 0 aliphatic rings. The first kappa shape index (κ1) is 15.5. The Morgan fingerprint density at radius 1 is 1.19 bits per heavy atom. The normalized spacial score (nSPS) is 11.2. The van der Waals surface area contributed by atoms with Gasteiger partial charge in [0.05, 0.1) is 15.0 Å². The summed E-state index contributed by atoms with van der Waals surface area (Å²) in [6.45, 7) is 3.69. The van der Waals surface area contributed by atoms with Gasteiger partial charge in [0.25, 0.3) is 5.69 Å². The quantitative estimate of drug-likeness (QED) is 0.607. The van der Waals surface area contributed by atoms with E-state index < -0.39 is 10.5 Å². The largest absolute Gasteiger partial charge is 0.467 e. The molecule has 0 saturated heterocycles. The van der Waals surface area contributed by atoms with Gasteiger partial charge in [-0.15, -0.1) is 0 Å². The van der Waals surface area contributed by atoms with E-state index >= 15 is 0 Å². The van der Waals surface area contributed by atoms with E-state index in [1.165, 1.54) is 12.1 Å². The molecule has 1 heterocycles. The molecule has 1 aromatic heterocycles. The molecule has 0 aliphatic carbocycles. The molecule has 0 aliphatic heterocycles. The Labute approximate surface area is 131 Å². The number of nitro groups is 1. The molecule has 2 rings (SSSR count). The number of nitrogens with zero attached hydrogens (tertiary/aromatic N) is 2. The number of halogens is 2. The first-order valence-electron chi connectivity index (χ1n) is 6.04. The molecule has 7 heteroatoms. The van der Waals surface area contributed by atoms with Gasteiger partial charge in [0, 0.05) is 12.1 Å². The van der Waals surface area contributed by atoms with Gasteiger partial charge < -0.3 is 4.74 Å². The highest BCUT2D eigenvalue weighted by molar-refractivity contribution is 6.42. The van der Waals surface area contributed by atoms with Crippen LogP contribution in [-0.4, -0.2) is 9.91 Å². The Balaban J connectivity index is 2.23. The zero-order chi connectivity index (χ0) is 15.6. The average molecular weight is 327 g/mol. The lowest BCUT2D eigenvalue weighted by Crippen LogP contribution is -2.25. The first-order valence-corrected chi connectivity index (χ1v) is 6.80. The molecule has 2 aromatic rings. The molecule has 0 N–H and O–H groups in total. The fraction of sp³-hybridized carbons (Fsp3) is 0.214. The van der Waals surface area contributed by atoms with Crippen molar-refractivity contribution in [2.45, 2.75) is 19.4 Å². The van der Waals surface area contributed by atoms with Gasteiger partial charge >= 0.3 is 0 Å². The highest BCUT2D eigenvalue weighted by Gasteiger charge is 2.24. The Bertz CT molecular complexity index is 672. The molecule has 0 atom stereocenters. The van der Waals surface area contributed by atoms with Crippen LogP contribution >= 0.6 is 23.2 Å². The van der Waals surface area contributed by atoms with E-state index in [4.69, 9.17) is 27.9 Å². The van der Waals surface area contributed by atoms with Gasteiger partial charge in [-0.1, -0.05) is 29.3 Å². The molecule has 0 unspecified atom stereocenters. The molecular weight excluding hydrogens is 315 g/mol. The van der Waals surface area contributed by atoms with Crippen molar-refractivity contribution in [1.29, 1.82) is 0 Å². The summed E-state index contributed by atoms with van der Waals surface area (Å²) >= 11 is 11.9. The minimum Gasteiger partial charge on any atom is -0.467 e. The average Bonchev–Trinajstić information content (AvgIpc) is 2.42. The van der Waals surface area contributed by atoms with Crippen molar-refractivity contribution in [3.05, 3.63) is 62.3 Å². The van der Waals surface area contributed by atoms with Gasteiger partial charge in [-0.2, -0.15) is 0 Å². The van der Waals surface area contributed by atoms with E-state index in [1.54, 1.807) is 18.2 Å². The molecule has 0 radical (unpaired) electrons. The number of hydrogen-bond donors (Lipinski definition) is 0. The summed E-state index contributed by atoms with van der Waals surface area (Å²) in [5.74, 6) is 0.289. The van der Waals surface area contributed by atoms with Gasteiger partial charge in [0.2, 0.25) is 5.88 Å². The second-order valence-electron chi connectivity index (χ2n) is 4.85. The smallest absolute Gasteiger partial charge is 0.287 e. The maximum absolute atomic E-state index is 10.6. The third-order valence-electron chi connectivity index (χ3n) is 2.91. The molecule has 5 nitrogen and oxygen atoms in total. The summed E-state index contributed by atoms with van der Waals surface area (Å²) in [4.78, 5) is 14.0. The third-order valence-corrected chi connectivity index (χ3v) is 3.65. The van der Waals surface area contributed by atoms with Crippen LogP contribution in [0.1, 0.15) is 19.4 Å². The second-order valence-corrected chi connectivity index (χ2v) is 5.67. The maximum Gasteiger partial charge on any atom is 0.287 e. The van der Waals surface area contributed by atoms with Crippen LogP contribution in [0, 0.1) is 10.1 Å². The lowest BCUT2D eigenvalue weighted by Gasteiger charge is -2.26. The molecule has 1 aromatic carbocycles. The van der Waals surface area contributed by atoms with Crippen molar-refractivity contribution in [2.24, 2.45) is 0 Å². The first-order chi connectivity index (χ1) is 9.79. The topological polar surface area (TPSA) is 65.3 Å². The maximum atomic E-state index is 10.6. The fourth-order valence-electron chi connectivity index (χ4n) is 1.73. The van der Waals surface area contributed by atoms with E-state index in [9.17, 15) is 10.1 Å². The van der Waals surface area contributed by atoms with Gasteiger partial charge in [-0.05, 0) is 31.5 Å². The van der Waals surface area contributed by atoms with Crippen LogP contribution < -0.4 is 4.74 Å². The summed E-state index contributed by atoms with van der Waals surface area (Å²) in [6.07, 6.45) is 1.15. The van der Waals surface area contributed by atoms with Crippen molar-refractivity contribution in [1.82, 2.24) is 4.98 Å². The molecule has 0 saturated carbocycles. The molecule has 0 fully saturated rings. The highest BCUT2D eigenvalue weighted by atomic mass is 35.5. The van der Waals surface area contributed by atoms with Crippen LogP contribution in [0.15, 0.2) is 36.5 Å². The molecule has 0 amide bonds. The molecule has 110 valence electrons. The van der Waals surface area contributed by atoms with E-state index in [0.29, 0.717) is 10.0 Å². The van der Waals surface area contributed by atoms with E-state index in [-0.39, 0.29) is 11.6 Å². The SMILES string of the molecule is CC(C)(Oc1ccc([N+](=O)[O-])cn1)c1ccc(Cl)c(Cl)c1. The standard InChI is InChI=1S/C14H12Cl2N2O3/c1-14(2,9-3-5-11(15)12(16)7-9)21-13-6-4-10(8-17-13)18(19)20/h3-8H,1-2H3. The summed E-state index contributed by atoms with van der Waals surface area (Å²) in [7, 11) is 0. The van der Waals surface area contributed by atoms with Crippen LogP contribution in [-0.2, 0) is 5.60 Å². The van der Waals surface area contributed by atoms with Crippen molar-refractivity contribution in [3.63, 3.8) is 0 Å². The summed E-state index contributed by atoms with van der Waals surface area (Å²) in [5.41, 5.74) is 0.0175. The van der Waals surface area contributed by atoms with Crippen LogP contribution in [0.2, 0.25) is 10.0 Å². The zero-order valence-electron chi connectivity index (χ0n) is 11.3. The second kappa shape index (κ2) is 5.87. The molecule has 0 spiro atoms. The zero-order valence-corrected chi connectivity index (χ0v) is 12.9.